The number of nitrogen functional groups attached to an aromatic ring is 1. The van der Waals surface area contributed by atoms with E-state index in [4.69, 9.17) is 16.2 Å². The number of hydrogen-bond donors (Lipinski definition) is 3. The van der Waals surface area contributed by atoms with Crippen LogP contribution in [0.2, 0.25) is 0 Å². The van der Waals surface area contributed by atoms with E-state index < -0.39 is 23.1 Å². The standard InChI is InChI=1S/C14H20FN3O3/c1-4-21-12(19)8-5-11(9(15)6-10(8)16)18-7-14(2,3)13(17)20/h5-6,18H,4,7,16H2,1-3H3,(H2,17,20). The Hall–Kier alpha value is -2.31. The van der Waals surface area contributed by atoms with Gasteiger partial charge in [0.1, 0.15) is 5.82 Å². The van der Waals surface area contributed by atoms with Gasteiger partial charge in [-0.3, -0.25) is 4.79 Å². The highest BCUT2D eigenvalue weighted by Crippen LogP contribution is 2.24. The fourth-order valence-electron chi connectivity index (χ4n) is 1.51. The first kappa shape index (κ1) is 16.7. The van der Waals surface area contributed by atoms with Gasteiger partial charge in [-0.05, 0) is 32.9 Å². The summed E-state index contributed by atoms with van der Waals surface area (Å²) < 4.78 is 18.7. The molecule has 0 aliphatic carbocycles. The maximum atomic E-state index is 13.8. The van der Waals surface area contributed by atoms with Crippen molar-refractivity contribution >= 4 is 23.3 Å². The summed E-state index contributed by atoms with van der Waals surface area (Å²) in [6.07, 6.45) is 0. The second-order valence-electron chi connectivity index (χ2n) is 5.24. The van der Waals surface area contributed by atoms with Crippen LogP contribution < -0.4 is 16.8 Å². The van der Waals surface area contributed by atoms with Gasteiger partial charge in [-0.15, -0.1) is 0 Å². The van der Waals surface area contributed by atoms with Gasteiger partial charge in [0, 0.05) is 12.2 Å². The lowest BCUT2D eigenvalue weighted by molar-refractivity contribution is -0.125. The van der Waals surface area contributed by atoms with E-state index in [1.54, 1.807) is 20.8 Å². The Labute approximate surface area is 122 Å². The molecule has 0 aliphatic rings. The highest BCUT2D eigenvalue weighted by molar-refractivity contribution is 5.96. The number of benzene rings is 1. The molecule has 6 nitrogen and oxygen atoms in total. The van der Waals surface area contributed by atoms with Gasteiger partial charge in [0.2, 0.25) is 5.91 Å². The van der Waals surface area contributed by atoms with E-state index in [9.17, 15) is 14.0 Å². The average Bonchev–Trinajstić information content (AvgIpc) is 2.37. The topological polar surface area (TPSA) is 107 Å². The molecule has 1 aromatic carbocycles. The summed E-state index contributed by atoms with van der Waals surface area (Å²) in [6, 6.07) is 2.30. The van der Waals surface area contributed by atoms with Crippen molar-refractivity contribution in [3.05, 3.63) is 23.5 Å². The van der Waals surface area contributed by atoms with Gasteiger partial charge in [0.15, 0.2) is 0 Å². The molecule has 0 aliphatic heterocycles. The number of amides is 1. The molecule has 116 valence electrons. The zero-order valence-electron chi connectivity index (χ0n) is 12.3. The number of hydrogen-bond acceptors (Lipinski definition) is 5. The number of esters is 1. The molecule has 0 spiro atoms. The number of nitrogens with two attached hydrogens (primary N) is 2. The van der Waals surface area contributed by atoms with E-state index in [1.807, 2.05) is 0 Å². The van der Waals surface area contributed by atoms with Crippen molar-refractivity contribution in [1.82, 2.24) is 0 Å². The van der Waals surface area contributed by atoms with E-state index in [0.29, 0.717) is 0 Å². The van der Waals surface area contributed by atoms with Crippen LogP contribution in [0.25, 0.3) is 0 Å². The molecule has 1 rings (SSSR count). The molecule has 0 bridgehead atoms. The van der Waals surface area contributed by atoms with Crippen molar-refractivity contribution in [2.24, 2.45) is 11.1 Å². The molecule has 0 saturated carbocycles. The Bertz CT molecular complexity index is 559. The van der Waals surface area contributed by atoms with Crippen LogP contribution in [0, 0.1) is 11.2 Å². The van der Waals surface area contributed by atoms with Gasteiger partial charge in [-0.1, -0.05) is 0 Å². The fourth-order valence-corrected chi connectivity index (χ4v) is 1.51. The van der Waals surface area contributed by atoms with Crippen molar-refractivity contribution in [1.29, 1.82) is 0 Å². The minimum absolute atomic E-state index is 0.00865. The van der Waals surface area contributed by atoms with Gasteiger partial charge in [-0.25, -0.2) is 9.18 Å². The number of nitrogens with one attached hydrogen (secondary N) is 1. The molecule has 1 aromatic rings. The third kappa shape index (κ3) is 4.08. The van der Waals surface area contributed by atoms with E-state index in [1.165, 1.54) is 6.07 Å². The summed E-state index contributed by atoms with van der Waals surface area (Å²) in [6.45, 7) is 5.22. The monoisotopic (exact) mass is 297 g/mol. The van der Waals surface area contributed by atoms with Crippen molar-refractivity contribution in [2.75, 3.05) is 24.2 Å². The normalized spacial score (nSPS) is 11.0. The summed E-state index contributed by atoms with van der Waals surface area (Å²) in [5.74, 6) is -1.77. The van der Waals surface area contributed by atoms with Gasteiger partial charge in [-0.2, -0.15) is 0 Å². The summed E-state index contributed by atoms with van der Waals surface area (Å²) in [5.41, 5.74) is 10.1. The molecule has 21 heavy (non-hydrogen) atoms. The fraction of sp³-hybridized carbons (Fsp3) is 0.429. The molecule has 5 N–H and O–H groups in total. The molecule has 0 saturated heterocycles. The summed E-state index contributed by atoms with van der Waals surface area (Å²) in [4.78, 5) is 22.9. The van der Waals surface area contributed by atoms with Crippen LogP contribution in [0.5, 0.6) is 0 Å². The Kier molecular flexibility index (Phi) is 5.12. The SMILES string of the molecule is CCOC(=O)c1cc(NCC(C)(C)C(N)=O)c(F)cc1N. The first-order valence-corrected chi connectivity index (χ1v) is 6.49. The van der Waals surface area contributed by atoms with Crippen molar-refractivity contribution < 1.29 is 18.7 Å². The van der Waals surface area contributed by atoms with Crippen LogP contribution in [-0.2, 0) is 9.53 Å². The van der Waals surface area contributed by atoms with Crippen molar-refractivity contribution in [3.63, 3.8) is 0 Å². The van der Waals surface area contributed by atoms with Gasteiger partial charge < -0.3 is 21.5 Å². The quantitative estimate of drug-likeness (QED) is 0.545. The van der Waals surface area contributed by atoms with Crippen LogP contribution >= 0.6 is 0 Å². The Morgan fingerprint density at radius 3 is 2.52 bits per heavy atom. The van der Waals surface area contributed by atoms with Crippen LogP contribution in [0.15, 0.2) is 12.1 Å². The lowest BCUT2D eigenvalue weighted by Gasteiger charge is -2.22. The molecule has 0 unspecified atom stereocenters. The number of ether oxygens (including phenoxy) is 1. The molecule has 0 aromatic heterocycles. The number of carbonyl (C=O) groups is 2. The van der Waals surface area contributed by atoms with E-state index in [2.05, 4.69) is 5.32 Å². The highest BCUT2D eigenvalue weighted by atomic mass is 19.1. The molecule has 0 radical (unpaired) electrons. The average molecular weight is 297 g/mol. The Morgan fingerprint density at radius 2 is 2.00 bits per heavy atom. The zero-order chi connectivity index (χ0) is 16.2. The molecular weight excluding hydrogens is 277 g/mol. The second kappa shape index (κ2) is 6.43. The Balaban J connectivity index is 3.00. The smallest absolute Gasteiger partial charge is 0.340 e. The predicted molar refractivity (Wildman–Crippen MR) is 78.2 cm³/mol. The zero-order valence-corrected chi connectivity index (χ0v) is 12.3. The molecule has 0 atom stereocenters. The molecule has 0 heterocycles. The molecule has 1 amide bonds. The number of primary amides is 1. The summed E-state index contributed by atoms with van der Waals surface area (Å²) >= 11 is 0. The molecular formula is C14H20FN3O3. The highest BCUT2D eigenvalue weighted by Gasteiger charge is 2.25. The van der Waals surface area contributed by atoms with E-state index in [-0.39, 0.29) is 30.1 Å². The van der Waals surface area contributed by atoms with Crippen LogP contribution in [0.4, 0.5) is 15.8 Å². The molecule has 7 heteroatoms. The van der Waals surface area contributed by atoms with E-state index >= 15 is 0 Å². The van der Waals surface area contributed by atoms with Crippen molar-refractivity contribution in [3.8, 4) is 0 Å². The van der Waals surface area contributed by atoms with Crippen LogP contribution in [0.1, 0.15) is 31.1 Å². The second-order valence-corrected chi connectivity index (χ2v) is 5.24. The third-order valence-corrected chi connectivity index (χ3v) is 3.02. The number of carbonyl (C=O) groups excluding carboxylic acids is 2. The number of halogens is 1. The minimum Gasteiger partial charge on any atom is -0.462 e. The summed E-state index contributed by atoms with van der Waals surface area (Å²) in [5, 5.41) is 2.76. The number of anilines is 2. The minimum atomic E-state index is -0.863. The maximum Gasteiger partial charge on any atom is 0.340 e. The largest absolute Gasteiger partial charge is 0.462 e. The number of rotatable bonds is 6. The van der Waals surface area contributed by atoms with Gasteiger partial charge in [0.25, 0.3) is 0 Å². The van der Waals surface area contributed by atoms with Gasteiger partial charge in [0.05, 0.1) is 23.3 Å². The van der Waals surface area contributed by atoms with E-state index in [0.717, 1.165) is 6.07 Å². The van der Waals surface area contributed by atoms with Crippen LogP contribution in [0.3, 0.4) is 0 Å². The van der Waals surface area contributed by atoms with Crippen molar-refractivity contribution in [2.45, 2.75) is 20.8 Å². The predicted octanol–water partition coefficient (Wildman–Crippen LogP) is 1.51. The lowest BCUT2D eigenvalue weighted by Crippen LogP contribution is -2.37. The first-order valence-electron chi connectivity index (χ1n) is 6.49. The Morgan fingerprint density at radius 1 is 1.38 bits per heavy atom. The first-order chi connectivity index (χ1) is 9.69. The maximum absolute atomic E-state index is 13.8. The summed E-state index contributed by atoms with van der Waals surface area (Å²) in [7, 11) is 0. The van der Waals surface area contributed by atoms with Crippen LogP contribution in [-0.4, -0.2) is 25.0 Å². The molecule has 0 fully saturated rings. The lowest BCUT2D eigenvalue weighted by atomic mass is 9.92. The van der Waals surface area contributed by atoms with Gasteiger partial charge >= 0.3 is 5.97 Å². The third-order valence-electron chi connectivity index (χ3n) is 3.02.